The Bertz CT molecular complexity index is 1140. The molecular formula is C19H17ClN6O3. The maximum Gasteiger partial charge on any atom is 0.254 e. The van der Waals surface area contributed by atoms with Gasteiger partial charge in [-0.15, -0.1) is 0 Å². The van der Waals surface area contributed by atoms with Crippen molar-refractivity contribution in [3.63, 3.8) is 0 Å². The lowest BCUT2D eigenvalue weighted by Crippen LogP contribution is -2.19. The smallest absolute Gasteiger partial charge is 0.254 e. The number of rotatable bonds is 6. The van der Waals surface area contributed by atoms with Crippen LogP contribution in [0.2, 0.25) is 5.02 Å². The number of hydrogen-bond acceptors (Lipinski definition) is 7. The Hall–Kier alpha value is -3.43. The molecule has 1 aliphatic rings. The average molecular weight is 413 g/mol. The molecule has 0 spiro atoms. The summed E-state index contributed by atoms with van der Waals surface area (Å²) in [4.78, 5) is 27.9. The zero-order valence-electron chi connectivity index (χ0n) is 15.1. The maximum atomic E-state index is 11.9. The van der Waals surface area contributed by atoms with Crippen LogP contribution < -0.4 is 16.0 Å². The minimum atomic E-state index is -0.416. The van der Waals surface area contributed by atoms with Gasteiger partial charge in [0, 0.05) is 34.5 Å². The second-order valence-electron chi connectivity index (χ2n) is 6.37. The Kier molecular flexibility index (Phi) is 5.15. The molecular weight excluding hydrogens is 396 g/mol. The molecule has 2 aromatic heterocycles. The molecule has 0 atom stereocenters. The van der Waals surface area contributed by atoms with E-state index in [1.165, 1.54) is 0 Å². The number of halogens is 1. The third kappa shape index (κ3) is 4.05. The van der Waals surface area contributed by atoms with Crippen molar-refractivity contribution in [2.75, 3.05) is 23.8 Å². The highest BCUT2D eigenvalue weighted by molar-refractivity contribution is 6.30. The first kappa shape index (κ1) is 18.9. The Morgan fingerprint density at radius 1 is 1.31 bits per heavy atom. The largest absolute Gasteiger partial charge is 0.395 e. The monoisotopic (exact) mass is 412 g/mol. The molecule has 1 saturated heterocycles. The zero-order chi connectivity index (χ0) is 20.4. The summed E-state index contributed by atoms with van der Waals surface area (Å²) in [6.07, 6.45) is 3.19. The van der Waals surface area contributed by atoms with Gasteiger partial charge < -0.3 is 15.7 Å². The molecule has 9 nitrogen and oxygen atoms in total. The highest BCUT2D eigenvalue weighted by Crippen LogP contribution is 2.25. The third-order valence-corrected chi connectivity index (χ3v) is 4.47. The zero-order valence-corrected chi connectivity index (χ0v) is 15.9. The first-order valence-electron chi connectivity index (χ1n) is 8.84. The molecule has 0 unspecified atom stereocenters. The number of aliphatic hydroxyl groups excluding tert-OH is 1. The number of nitrogens with zero attached hydrogens (tertiary/aromatic N) is 3. The van der Waals surface area contributed by atoms with E-state index in [1.807, 2.05) is 12.1 Å². The fourth-order valence-electron chi connectivity index (χ4n) is 2.98. The van der Waals surface area contributed by atoms with Gasteiger partial charge in [0.05, 0.1) is 19.2 Å². The molecule has 0 saturated carbocycles. The van der Waals surface area contributed by atoms with Crippen LogP contribution >= 0.6 is 11.6 Å². The molecule has 3 heterocycles. The van der Waals surface area contributed by atoms with Gasteiger partial charge in [-0.1, -0.05) is 17.7 Å². The number of hydrogen-bond donors (Lipinski definition) is 4. The minimum Gasteiger partial charge on any atom is -0.395 e. The fourth-order valence-corrected chi connectivity index (χ4v) is 3.17. The van der Waals surface area contributed by atoms with Gasteiger partial charge in [-0.3, -0.25) is 14.9 Å². The summed E-state index contributed by atoms with van der Waals surface area (Å²) in [6.45, 7) is 0.268. The topological polar surface area (TPSA) is 121 Å². The molecule has 4 rings (SSSR count). The second kappa shape index (κ2) is 7.90. The van der Waals surface area contributed by atoms with Gasteiger partial charge in [-0.2, -0.15) is 9.61 Å². The summed E-state index contributed by atoms with van der Waals surface area (Å²) in [5, 5.41) is 22.6. The summed E-state index contributed by atoms with van der Waals surface area (Å²) in [5.74, 6) is 0.373. The van der Waals surface area contributed by atoms with Crippen molar-refractivity contribution >= 4 is 52.5 Å². The number of fused-ring (bicyclic) bond motifs is 1. The lowest BCUT2D eigenvalue weighted by atomic mass is 10.1. The van der Waals surface area contributed by atoms with Crippen LogP contribution in [0, 0.1) is 0 Å². The molecule has 0 aliphatic carbocycles. The number of imide groups is 1. The third-order valence-electron chi connectivity index (χ3n) is 4.24. The first-order valence-corrected chi connectivity index (χ1v) is 9.22. The van der Waals surface area contributed by atoms with E-state index in [0.29, 0.717) is 40.0 Å². The van der Waals surface area contributed by atoms with E-state index < -0.39 is 5.91 Å². The van der Waals surface area contributed by atoms with Crippen molar-refractivity contribution in [1.29, 1.82) is 0 Å². The second-order valence-corrected chi connectivity index (χ2v) is 6.81. The standard InChI is InChI=1S/C19H17ClN6O3/c20-13-2-1-3-14(8-13)23-15-9-16(21-4-5-27)26-18(24-15)12(10-22-26)6-11-7-17(28)25-19(11)29/h1-3,6,8-10,21,27H,4-5,7H2,(H,23,24)(H,25,28,29)/b11-6+. The lowest BCUT2D eigenvalue weighted by molar-refractivity contribution is -0.124. The summed E-state index contributed by atoms with van der Waals surface area (Å²) < 4.78 is 1.57. The van der Waals surface area contributed by atoms with Gasteiger partial charge >= 0.3 is 0 Å². The molecule has 29 heavy (non-hydrogen) atoms. The number of aliphatic hydroxyl groups is 1. The minimum absolute atomic E-state index is 0.0201. The Balaban J connectivity index is 1.77. The molecule has 4 N–H and O–H groups in total. The van der Waals surface area contributed by atoms with Crippen LogP contribution in [0.25, 0.3) is 11.7 Å². The molecule has 3 aromatic rings. The number of carbonyl (C=O) groups is 2. The quantitative estimate of drug-likeness (QED) is 0.360. The molecule has 0 radical (unpaired) electrons. The van der Waals surface area contributed by atoms with Crippen molar-refractivity contribution in [2.45, 2.75) is 6.42 Å². The first-order chi connectivity index (χ1) is 14.0. The van der Waals surface area contributed by atoms with Crippen LogP contribution in [-0.4, -0.2) is 44.7 Å². The number of amides is 2. The van der Waals surface area contributed by atoms with Gasteiger partial charge in [0.15, 0.2) is 5.65 Å². The molecule has 2 amide bonds. The van der Waals surface area contributed by atoms with Crippen molar-refractivity contribution in [3.05, 3.63) is 52.7 Å². The number of anilines is 3. The van der Waals surface area contributed by atoms with E-state index in [0.717, 1.165) is 5.69 Å². The molecule has 1 aliphatic heterocycles. The van der Waals surface area contributed by atoms with E-state index in [1.54, 1.807) is 35.0 Å². The lowest BCUT2D eigenvalue weighted by Gasteiger charge is -2.11. The van der Waals surface area contributed by atoms with Crippen LogP contribution in [0.15, 0.2) is 42.1 Å². The van der Waals surface area contributed by atoms with Gasteiger partial charge in [0.1, 0.15) is 11.6 Å². The summed E-state index contributed by atoms with van der Waals surface area (Å²) >= 11 is 6.05. The predicted molar refractivity (Wildman–Crippen MR) is 109 cm³/mol. The maximum absolute atomic E-state index is 11.9. The Morgan fingerprint density at radius 2 is 2.17 bits per heavy atom. The van der Waals surface area contributed by atoms with Crippen LogP contribution in [0.1, 0.15) is 12.0 Å². The summed E-state index contributed by atoms with van der Waals surface area (Å²) in [5.41, 5.74) is 2.18. The van der Waals surface area contributed by atoms with Crippen molar-refractivity contribution in [1.82, 2.24) is 19.9 Å². The van der Waals surface area contributed by atoms with Gasteiger partial charge in [0.25, 0.3) is 5.91 Å². The molecule has 148 valence electrons. The number of nitrogens with one attached hydrogen (secondary N) is 3. The highest BCUT2D eigenvalue weighted by Gasteiger charge is 2.24. The summed E-state index contributed by atoms with van der Waals surface area (Å²) in [7, 11) is 0. The van der Waals surface area contributed by atoms with E-state index in [-0.39, 0.29) is 18.9 Å². The average Bonchev–Trinajstić information content (AvgIpc) is 3.22. The predicted octanol–water partition coefficient (Wildman–Crippen LogP) is 1.96. The van der Waals surface area contributed by atoms with Crippen LogP contribution in [0.5, 0.6) is 0 Å². The van der Waals surface area contributed by atoms with E-state index >= 15 is 0 Å². The highest BCUT2D eigenvalue weighted by atomic mass is 35.5. The van der Waals surface area contributed by atoms with Gasteiger partial charge in [-0.05, 0) is 24.3 Å². The van der Waals surface area contributed by atoms with Crippen LogP contribution in [0.3, 0.4) is 0 Å². The Labute approximate surface area is 170 Å². The number of carbonyl (C=O) groups excluding carboxylic acids is 2. The van der Waals surface area contributed by atoms with Crippen LogP contribution in [0.4, 0.5) is 17.3 Å². The number of benzene rings is 1. The van der Waals surface area contributed by atoms with E-state index in [4.69, 9.17) is 16.7 Å². The molecule has 0 bridgehead atoms. The van der Waals surface area contributed by atoms with E-state index in [2.05, 4.69) is 26.0 Å². The number of aromatic nitrogens is 3. The Morgan fingerprint density at radius 3 is 2.90 bits per heavy atom. The molecule has 10 heteroatoms. The van der Waals surface area contributed by atoms with Crippen molar-refractivity contribution in [2.24, 2.45) is 0 Å². The molecule has 1 aromatic carbocycles. The summed E-state index contributed by atoms with van der Waals surface area (Å²) in [6, 6.07) is 8.96. The van der Waals surface area contributed by atoms with E-state index in [9.17, 15) is 9.59 Å². The van der Waals surface area contributed by atoms with Crippen molar-refractivity contribution < 1.29 is 14.7 Å². The SMILES string of the molecule is O=C1C/C(=C\c2cnn3c(NCCO)cc(Nc4cccc(Cl)c4)nc23)C(=O)N1. The van der Waals surface area contributed by atoms with Crippen LogP contribution in [-0.2, 0) is 9.59 Å². The molecule has 1 fully saturated rings. The van der Waals surface area contributed by atoms with Gasteiger partial charge in [0.2, 0.25) is 5.91 Å². The van der Waals surface area contributed by atoms with Gasteiger partial charge in [-0.25, -0.2) is 4.98 Å². The normalized spacial score (nSPS) is 15.2. The fraction of sp³-hybridized carbons (Fsp3) is 0.158. The van der Waals surface area contributed by atoms with Crippen molar-refractivity contribution in [3.8, 4) is 0 Å².